The minimum Gasteiger partial charge on any atom is -0.289 e. The average molecular weight is 270 g/mol. The third-order valence-electron chi connectivity index (χ3n) is 3.47. The van der Waals surface area contributed by atoms with E-state index in [-0.39, 0.29) is 11.8 Å². The Morgan fingerprint density at radius 3 is 1.85 bits per heavy atom. The average Bonchev–Trinajstić information content (AvgIpc) is 3.06. The van der Waals surface area contributed by atoms with E-state index in [9.17, 15) is 9.59 Å². The zero-order chi connectivity index (χ0) is 13.9. The molecule has 0 saturated carbocycles. The van der Waals surface area contributed by atoms with Crippen molar-refractivity contribution in [2.24, 2.45) is 0 Å². The number of imide groups is 1. The number of nitrogens with one attached hydrogen (secondary N) is 2. The number of nitrogens with zero attached hydrogens (tertiary/aromatic N) is 2. The fourth-order valence-electron chi connectivity index (χ4n) is 2.45. The van der Waals surface area contributed by atoms with Gasteiger partial charge in [-0.15, -0.1) is 0 Å². The van der Waals surface area contributed by atoms with Gasteiger partial charge in [-0.3, -0.25) is 14.9 Å². The molecule has 1 aromatic heterocycles. The summed E-state index contributed by atoms with van der Waals surface area (Å²) in [7, 11) is 0. The molecule has 0 radical (unpaired) electrons. The van der Waals surface area contributed by atoms with E-state index in [1.54, 1.807) is 0 Å². The van der Waals surface area contributed by atoms with Crippen LogP contribution in [-0.4, -0.2) is 27.2 Å². The van der Waals surface area contributed by atoms with E-state index in [0.717, 1.165) is 47.9 Å². The van der Waals surface area contributed by atoms with Crippen LogP contribution < -0.4 is 5.32 Å². The molecule has 0 bridgehead atoms. The molecule has 0 fully saturated rings. The van der Waals surface area contributed by atoms with Gasteiger partial charge in [-0.25, -0.2) is 0 Å². The first-order valence-electron chi connectivity index (χ1n) is 6.59. The minimum absolute atomic E-state index is 0.162. The first-order chi connectivity index (χ1) is 9.75. The number of hydrogen-bond donors (Lipinski definition) is 2. The molecule has 1 aliphatic carbocycles. The highest BCUT2D eigenvalue weighted by atomic mass is 16.2. The molecule has 0 atom stereocenters. The maximum absolute atomic E-state index is 11.0. The van der Waals surface area contributed by atoms with Crippen molar-refractivity contribution < 1.29 is 9.59 Å². The molecule has 2 aliphatic rings. The second-order valence-electron chi connectivity index (χ2n) is 4.76. The normalized spacial score (nSPS) is 17.6. The lowest BCUT2D eigenvalue weighted by Gasteiger charge is -2.08. The van der Waals surface area contributed by atoms with E-state index >= 15 is 0 Å². The number of aromatic nitrogens is 3. The molecule has 4 rings (SSSR count). The number of carbonyl (C=O) groups excluding carboxylic acids is 2. The summed E-state index contributed by atoms with van der Waals surface area (Å²) in [6, 6.07) is 7.70. The van der Waals surface area contributed by atoms with Crippen LogP contribution in [0.1, 0.15) is 25.7 Å². The Bertz CT molecular complexity index is 646. The van der Waals surface area contributed by atoms with Gasteiger partial charge < -0.3 is 0 Å². The lowest BCUT2D eigenvalue weighted by atomic mass is 9.93. The van der Waals surface area contributed by atoms with E-state index < -0.39 is 0 Å². The van der Waals surface area contributed by atoms with Crippen molar-refractivity contribution in [3.05, 3.63) is 35.4 Å². The van der Waals surface area contributed by atoms with Gasteiger partial charge in [0.05, 0.1) is 0 Å². The molecule has 0 unspecified atom stereocenters. The standard InChI is InChI=1S/C8H9NO2.C6H5N3/c10-7-5-3-1-2-4-6(5)8(11)9-7;1-2-4-6-5(3-1)7-9-8-6/h1-4H2,(H,9,10,11);1-4H,(H,7,8,9). The maximum Gasteiger partial charge on any atom is 0.254 e. The summed E-state index contributed by atoms with van der Waals surface area (Å²) in [6.45, 7) is 0. The van der Waals surface area contributed by atoms with Crippen LogP contribution in [0, 0.1) is 0 Å². The van der Waals surface area contributed by atoms with E-state index in [4.69, 9.17) is 0 Å². The summed E-state index contributed by atoms with van der Waals surface area (Å²) in [5.74, 6) is -0.325. The van der Waals surface area contributed by atoms with E-state index in [1.807, 2.05) is 24.3 Å². The van der Waals surface area contributed by atoms with Crippen molar-refractivity contribution in [2.45, 2.75) is 25.7 Å². The highest BCUT2D eigenvalue weighted by Crippen LogP contribution is 2.28. The molecule has 6 heteroatoms. The zero-order valence-corrected chi connectivity index (χ0v) is 10.8. The van der Waals surface area contributed by atoms with Crippen molar-refractivity contribution >= 4 is 22.8 Å². The van der Waals surface area contributed by atoms with E-state index in [1.165, 1.54) is 0 Å². The summed E-state index contributed by atoms with van der Waals surface area (Å²) in [4.78, 5) is 22.1. The van der Waals surface area contributed by atoms with Crippen molar-refractivity contribution in [3.8, 4) is 0 Å². The lowest BCUT2D eigenvalue weighted by molar-refractivity contribution is -0.124. The predicted molar refractivity (Wildman–Crippen MR) is 72.5 cm³/mol. The molecule has 2 aromatic rings. The van der Waals surface area contributed by atoms with E-state index in [2.05, 4.69) is 20.7 Å². The summed E-state index contributed by atoms with van der Waals surface area (Å²) >= 11 is 0. The molecule has 20 heavy (non-hydrogen) atoms. The van der Waals surface area contributed by atoms with Gasteiger partial charge in [0.1, 0.15) is 11.0 Å². The SMILES string of the molecule is O=C1NC(=O)C2=C1CCCC2.c1ccc2n[nH]nc2c1. The van der Waals surface area contributed by atoms with Crippen molar-refractivity contribution in [3.63, 3.8) is 0 Å². The number of fused-ring (bicyclic) bond motifs is 1. The molecule has 0 saturated heterocycles. The van der Waals surface area contributed by atoms with Gasteiger partial charge >= 0.3 is 0 Å². The molecule has 6 nitrogen and oxygen atoms in total. The summed E-state index contributed by atoms with van der Waals surface area (Å²) in [5, 5.41) is 12.6. The van der Waals surface area contributed by atoms with Gasteiger partial charge in [0.25, 0.3) is 11.8 Å². The molecule has 1 aliphatic heterocycles. The fraction of sp³-hybridized carbons (Fsp3) is 0.286. The number of amides is 2. The van der Waals surface area contributed by atoms with Gasteiger partial charge in [-0.05, 0) is 37.8 Å². The van der Waals surface area contributed by atoms with Crippen molar-refractivity contribution in [2.75, 3.05) is 0 Å². The Balaban J connectivity index is 0.000000123. The van der Waals surface area contributed by atoms with Crippen LogP contribution in [0.15, 0.2) is 35.4 Å². The first-order valence-corrected chi connectivity index (χ1v) is 6.59. The number of aromatic amines is 1. The number of para-hydroxylation sites is 2. The molecule has 0 spiro atoms. The third kappa shape index (κ3) is 2.32. The van der Waals surface area contributed by atoms with Crippen LogP contribution in [0.3, 0.4) is 0 Å². The quantitative estimate of drug-likeness (QED) is 0.710. The van der Waals surface area contributed by atoms with Crippen LogP contribution in [0.2, 0.25) is 0 Å². The molecule has 2 heterocycles. The second-order valence-corrected chi connectivity index (χ2v) is 4.76. The number of hydrogen-bond acceptors (Lipinski definition) is 4. The highest BCUT2D eigenvalue weighted by molar-refractivity contribution is 6.19. The Hall–Kier alpha value is -2.50. The lowest BCUT2D eigenvalue weighted by Crippen LogP contribution is -2.22. The summed E-state index contributed by atoms with van der Waals surface area (Å²) in [6.07, 6.45) is 3.65. The Kier molecular flexibility index (Phi) is 3.28. The van der Waals surface area contributed by atoms with Crippen LogP contribution >= 0.6 is 0 Å². The van der Waals surface area contributed by atoms with Gasteiger partial charge in [-0.2, -0.15) is 15.4 Å². The predicted octanol–water partition coefficient (Wildman–Crippen LogP) is 1.47. The number of carbonyl (C=O) groups is 2. The van der Waals surface area contributed by atoms with Crippen molar-refractivity contribution in [1.82, 2.24) is 20.7 Å². The monoisotopic (exact) mass is 270 g/mol. The summed E-state index contributed by atoms with van der Waals surface area (Å²) < 4.78 is 0. The molecule has 2 N–H and O–H groups in total. The van der Waals surface area contributed by atoms with Crippen molar-refractivity contribution in [1.29, 1.82) is 0 Å². The van der Waals surface area contributed by atoms with Gasteiger partial charge in [-0.1, -0.05) is 12.1 Å². The van der Waals surface area contributed by atoms with Crippen LogP contribution in [0.4, 0.5) is 0 Å². The molecular formula is C14H14N4O2. The second kappa shape index (κ2) is 5.24. The topological polar surface area (TPSA) is 87.7 Å². The fourth-order valence-corrected chi connectivity index (χ4v) is 2.45. The Morgan fingerprint density at radius 1 is 0.850 bits per heavy atom. The Morgan fingerprint density at radius 2 is 1.35 bits per heavy atom. The minimum atomic E-state index is -0.162. The largest absolute Gasteiger partial charge is 0.289 e. The molecule has 102 valence electrons. The number of benzene rings is 1. The zero-order valence-electron chi connectivity index (χ0n) is 10.8. The molecular weight excluding hydrogens is 256 g/mol. The van der Waals surface area contributed by atoms with Crippen LogP contribution in [-0.2, 0) is 9.59 Å². The summed E-state index contributed by atoms with van der Waals surface area (Å²) in [5.41, 5.74) is 3.30. The first kappa shape index (κ1) is 12.5. The molecule has 1 aromatic carbocycles. The number of H-pyrrole nitrogens is 1. The molecule has 2 amide bonds. The van der Waals surface area contributed by atoms with Gasteiger partial charge in [0.2, 0.25) is 0 Å². The van der Waals surface area contributed by atoms with Gasteiger partial charge in [0.15, 0.2) is 0 Å². The van der Waals surface area contributed by atoms with Crippen LogP contribution in [0.25, 0.3) is 11.0 Å². The smallest absolute Gasteiger partial charge is 0.254 e. The Labute approximate surface area is 115 Å². The highest BCUT2D eigenvalue weighted by Gasteiger charge is 2.30. The van der Waals surface area contributed by atoms with Crippen LogP contribution in [0.5, 0.6) is 0 Å². The number of rotatable bonds is 0. The van der Waals surface area contributed by atoms with Gasteiger partial charge in [0, 0.05) is 11.1 Å². The maximum atomic E-state index is 11.0. The third-order valence-corrected chi connectivity index (χ3v) is 3.47. The van der Waals surface area contributed by atoms with E-state index in [0.29, 0.717) is 0 Å².